The monoisotopic (exact) mass is 230 g/mol. The largest absolute Gasteiger partial charge is 0.481 e. The van der Waals surface area contributed by atoms with Crippen LogP contribution in [0.3, 0.4) is 0 Å². The molecule has 88 valence electrons. The van der Waals surface area contributed by atoms with Crippen molar-refractivity contribution in [1.82, 2.24) is 9.55 Å². The van der Waals surface area contributed by atoms with Gasteiger partial charge in [-0.05, 0) is 26.0 Å². The van der Waals surface area contributed by atoms with E-state index < -0.39 is 0 Å². The zero-order valence-corrected chi connectivity index (χ0v) is 10.1. The van der Waals surface area contributed by atoms with Gasteiger partial charge in [-0.3, -0.25) is 4.79 Å². The fourth-order valence-corrected chi connectivity index (χ4v) is 1.93. The third-order valence-corrected chi connectivity index (χ3v) is 2.79. The molecule has 0 saturated heterocycles. The molecule has 0 radical (unpaired) electrons. The molecule has 0 N–H and O–H groups in total. The maximum Gasteiger partial charge on any atom is 0.213 e. The van der Waals surface area contributed by atoms with Gasteiger partial charge in [0.05, 0.1) is 19.0 Å². The number of nitrogens with zero attached hydrogens (tertiary/aromatic N) is 2. The highest BCUT2D eigenvalue weighted by Gasteiger charge is 2.10. The van der Waals surface area contributed by atoms with Crippen LogP contribution in [0, 0.1) is 13.8 Å². The molecule has 0 aliphatic carbocycles. The Morgan fingerprint density at radius 3 is 2.59 bits per heavy atom. The lowest BCUT2D eigenvalue weighted by Gasteiger charge is -2.09. The Balaban J connectivity index is 2.52. The lowest BCUT2D eigenvalue weighted by Crippen LogP contribution is -2.00. The van der Waals surface area contributed by atoms with Crippen LogP contribution in [0.15, 0.2) is 24.4 Å². The molecule has 0 spiro atoms. The molecule has 0 unspecified atom stereocenters. The second-order valence-electron chi connectivity index (χ2n) is 3.84. The van der Waals surface area contributed by atoms with E-state index in [1.54, 1.807) is 19.4 Å². The number of hydrogen-bond donors (Lipinski definition) is 0. The number of ether oxygens (including phenoxy) is 1. The summed E-state index contributed by atoms with van der Waals surface area (Å²) in [6.07, 6.45) is 2.60. The van der Waals surface area contributed by atoms with Crippen molar-refractivity contribution in [2.45, 2.75) is 13.8 Å². The number of aldehydes is 1. The molecule has 0 saturated carbocycles. The van der Waals surface area contributed by atoms with Crippen LogP contribution in [0.4, 0.5) is 0 Å². The number of carbonyl (C=O) groups excluding carboxylic acids is 1. The highest BCUT2D eigenvalue weighted by molar-refractivity contribution is 5.77. The third kappa shape index (κ3) is 1.93. The smallest absolute Gasteiger partial charge is 0.213 e. The summed E-state index contributed by atoms with van der Waals surface area (Å²) in [5, 5.41) is 0. The predicted octanol–water partition coefficient (Wildman–Crippen LogP) is 2.31. The van der Waals surface area contributed by atoms with Gasteiger partial charge in [-0.25, -0.2) is 4.98 Å². The molecule has 4 nitrogen and oxygen atoms in total. The molecule has 0 atom stereocenters. The van der Waals surface area contributed by atoms with Gasteiger partial charge in [0, 0.05) is 23.0 Å². The maximum atomic E-state index is 10.9. The first-order valence-electron chi connectivity index (χ1n) is 5.32. The van der Waals surface area contributed by atoms with Crippen LogP contribution in [0.25, 0.3) is 5.69 Å². The van der Waals surface area contributed by atoms with Crippen molar-refractivity contribution in [2.24, 2.45) is 0 Å². The summed E-state index contributed by atoms with van der Waals surface area (Å²) >= 11 is 0. The summed E-state index contributed by atoms with van der Waals surface area (Å²) in [4.78, 5) is 15.0. The lowest BCUT2D eigenvalue weighted by atomic mass is 10.3. The van der Waals surface area contributed by atoms with Crippen LogP contribution in [0.5, 0.6) is 5.88 Å². The van der Waals surface area contributed by atoms with Gasteiger partial charge in [-0.15, -0.1) is 0 Å². The van der Waals surface area contributed by atoms with Gasteiger partial charge in [0.2, 0.25) is 5.88 Å². The minimum Gasteiger partial charge on any atom is -0.481 e. The van der Waals surface area contributed by atoms with Crippen molar-refractivity contribution in [2.75, 3.05) is 7.11 Å². The van der Waals surface area contributed by atoms with Gasteiger partial charge < -0.3 is 9.30 Å². The molecular formula is C13H14N2O2. The standard InChI is InChI=1S/C13H14N2O2/c1-9-6-11(8-16)10(2)15(9)12-4-5-13(17-3)14-7-12/h4-8H,1-3H3. The third-order valence-electron chi connectivity index (χ3n) is 2.79. The zero-order chi connectivity index (χ0) is 12.4. The Morgan fingerprint density at radius 2 is 2.12 bits per heavy atom. The molecular weight excluding hydrogens is 216 g/mol. The number of rotatable bonds is 3. The average molecular weight is 230 g/mol. The van der Waals surface area contributed by atoms with Crippen LogP contribution >= 0.6 is 0 Å². The van der Waals surface area contributed by atoms with Gasteiger partial charge in [-0.1, -0.05) is 0 Å². The number of aromatic nitrogens is 2. The normalized spacial score (nSPS) is 10.3. The Labute approximate surface area is 99.9 Å². The molecule has 2 heterocycles. The van der Waals surface area contributed by atoms with E-state index in [4.69, 9.17) is 4.74 Å². The first kappa shape index (κ1) is 11.4. The minimum absolute atomic E-state index is 0.576. The molecule has 2 aromatic rings. The van der Waals surface area contributed by atoms with Crippen LogP contribution in [-0.4, -0.2) is 22.9 Å². The molecule has 0 fully saturated rings. The summed E-state index contributed by atoms with van der Waals surface area (Å²) in [7, 11) is 1.58. The second kappa shape index (κ2) is 4.41. The van der Waals surface area contributed by atoms with Crippen LogP contribution in [0.1, 0.15) is 21.7 Å². The summed E-state index contributed by atoms with van der Waals surface area (Å²) in [6.45, 7) is 3.88. The maximum absolute atomic E-state index is 10.9. The van der Waals surface area contributed by atoms with Crippen molar-refractivity contribution in [3.63, 3.8) is 0 Å². The predicted molar refractivity (Wildman–Crippen MR) is 65.0 cm³/mol. The fraction of sp³-hybridized carbons (Fsp3) is 0.231. The topological polar surface area (TPSA) is 44.1 Å². The van der Waals surface area contributed by atoms with Gasteiger partial charge >= 0.3 is 0 Å². The van der Waals surface area contributed by atoms with Gasteiger partial charge in [-0.2, -0.15) is 0 Å². The number of hydrogen-bond acceptors (Lipinski definition) is 3. The molecule has 0 aliphatic rings. The van der Waals surface area contributed by atoms with E-state index in [-0.39, 0.29) is 0 Å². The first-order chi connectivity index (χ1) is 8.17. The van der Waals surface area contributed by atoms with E-state index in [0.29, 0.717) is 11.4 Å². The molecule has 0 aromatic carbocycles. The van der Waals surface area contributed by atoms with Crippen molar-refractivity contribution < 1.29 is 9.53 Å². The Bertz CT molecular complexity index is 541. The molecule has 2 rings (SSSR count). The van der Waals surface area contributed by atoms with Crippen molar-refractivity contribution >= 4 is 6.29 Å². The summed E-state index contributed by atoms with van der Waals surface area (Å²) < 4.78 is 7.01. The zero-order valence-electron chi connectivity index (χ0n) is 10.1. The van der Waals surface area contributed by atoms with E-state index >= 15 is 0 Å². The summed E-state index contributed by atoms with van der Waals surface area (Å²) in [5.74, 6) is 0.576. The molecule has 0 aliphatic heterocycles. The number of methoxy groups -OCH3 is 1. The van der Waals surface area contributed by atoms with Crippen LogP contribution < -0.4 is 4.74 Å². The van der Waals surface area contributed by atoms with Gasteiger partial charge in [0.25, 0.3) is 0 Å². The van der Waals surface area contributed by atoms with E-state index in [1.165, 1.54) is 0 Å². The van der Waals surface area contributed by atoms with Gasteiger partial charge in [0.1, 0.15) is 0 Å². The van der Waals surface area contributed by atoms with Crippen LogP contribution in [0.2, 0.25) is 0 Å². The molecule has 0 bridgehead atoms. The van der Waals surface area contributed by atoms with Crippen molar-refractivity contribution in [3.05, 3.63) is 41.3 Å². The Morgan fingerprint density at radius 1 is 1.35 bits per heavy atom. The van der Waals surface area contributed by atoms with E-state index in [0.717, 1.165) is 23.4 Å². The SMILES string of the molecule is COc1ccc(-n2c(C)cc(C=O)c2C)cn1. The quantitative estimate of drug-likeness (QED) is 0.760. The van der Waals surface area contributed by atoms with Crippen molar-refractivity contribution in [1.29, 1.82) is 0 Å². The highest BCUT2D eigenvalue weighted by atomic mass is 16.5. The van der Waals surface area contributed by atoms with E-state index in [9.17, 15) is 4.79 Å². The number of carbonyl (C=O) groups is 1. The van der Waals surface area contributed by atoms with E-state index in [1.807, 2.05) is 30.5 Å². The Kier molecular flexibility index (Phi) is 2.95. The summed E-state index contributed by atoms with van der Waals surface area (Å²) in [5.41, 5.74) is 3.56. The van der Waals surface area contributed by atoms with Crippen LogP contribution in [-0.2, 0) is 0 Å². The molecule has 0 amide bonds. The Hall–Kier alpha value is -2.10. The van der Waals surface area contributed by atoms with Crippen molar-refractivity contribution in [3.8, 4) is 11.6 Å². The fourth-order valence-electron chi connectivity index (χ4n) is 1.93. The second-order valence-corrected chi connectivity index (χ2v) is 3.84. The first-order valence-corrected chi connectivity index (χ1v) is 5.32. The minimum atomic E-state index is 0.576. The average Bonchev–Trinajstić information content (AvgIpc) is 2.64. The summed E-state index contributed by atoms with van der Waals surface area (Å²) in [6, 6.07) is 5.59. The highest BCUT2D eigenvalue weighted by Crippen LogP contribution is 2.20. The molecule has 2 aromatic heterocycles. The number of pyridine rings is 1. The van der Waals surface area contributed by atoms with Gasteiger partial charge in [0.15, 0.2) is 6.29 Å². The lowest BCUT2D eigenvalue weighted by molar-refractivity contribution is 0.112. The molecule has 17 heavy (non-hydrogen) atoms. The van der Waals surface area contributed by atoms with E-state index in [2.05, 4.69) is 4.98 Å². The number of aryl methyl sites for hydroxylation is 1. The molecule has 4 heteroatoms.